The van der Waals surface area contributed by atoms with Crippen LogP contribution in [0.25, 0.3) is 11.2 Å². The van der Waals surface area contributed by atoms with Gasteiger partial charge in [-0.05, 0) is 36.6 Å². The maximum Gasteiger partial charge on any atom is 0.253 e. The molecule has 7 heteroatoms. The number of benzene rings is 1. The van der Waals surface area contributed by atoms with Crippen LogP contribution in [0.4, 0.5) is 5.69 Å². The number of hydrogen-bond donors (Lipinski definition) is 2. The zero-order chi connectivity index (χ0) is 18.3. The summed E-state index contributed by atoms with van der Waals surface area (Å²) in [5, 5.41) is 5.87. The molecule has 0 saturated heterocycles. The maximum atomic E-state index is 12.6. The van der Waals surface area contributed by atoms with Gasteiger partial charge in [-0.25, -0.2) is 9.97 Å². The predicted octanol–water partition coefficient (Wildman–Crippen LogP) is 2.34. The highest BCUT2D eigenvalue weighted by Crippen LogP contribution is 2.26. The molecule has 0 spiro atoms. The number of hydrogen-bond acceptors (Lipinski definition) is 4. The first-order chi connectivity index (χ1) is 12.5. The van der Waals surface area contributed by atoms with Gasteiger partial charge in [0.15, 0.2) is 5.65 Å². The van der Waals surface area contributed by atoms with Gasteiger partial charge in [0.25, 0.3) is 5.91 Å². The Bertz CT molecular complexity index is 1020. The van der Waals surface area contributed by atoms with Gasteiger partial charge in [-0.1, -0.05) is 12.1 Å². The van der Waals surface area contributed by atoms with Crippen LogP contribution < -0.4 is 10.6 Å². The fourth-order valence-electron chi connectivity index (χ4n) is 3.18. The van der Waals surface area contributed by atoms with E-state index in [4.69, 9.17) is 0 Å². The third-order valence-electron chi connectivity index (χ3n) is 4.69. The second-order valence-electron chi connectivity index (χ2n) is 6.58. The van der Waals surface area contributed by atoms with Crippen molar-refractivity contribution in [2.45, 2.75) is 25.8 Å². The fourth-order valence-corrected chi connectivity index (χ4v) is 3.18. The third kappa shape index (κ3) is 2.92. The van der Waals surface area contributed by atoms with Crippen LogP contribution in [-0.2, 0) is 18.3 Å². The summed E-state index contributed by atoms with van der Waals surface area (Å²) in [5.41, 5.74) is 4.87. The summed E-state index contributed by atoms with van der Waals surface area (Å²) >= 11 is 0. The van der Waals surface area contributed by atoms with Crippen molar-refractivity contribution in [2.24, 2.45) is 7.05 Å². The standard InChI is InChI=1S/C19H19N5O2/c1-11(12-3-5-15-13(7-12)4-6-17(25)23-15)22-19(26)14-8-16-18(20-9-14)24(2)10-21-16/h3,5,7-11H,4,6H2,1-2H3,(H,22,26)(H,23,25)/t11-/m1/s1. The second-order valence-corrected chi connectivity index (χ2v) is 6.58. The minimum atomic E-state index is -0.191. The van der Waals surface area contributed by atoms with Crippen LogP contribution in [0.5, 0.6) is 0 Å². The van der Waals surface area contributed by atoms with E-state index in [-0.39, 0.29) is 17.9 Å². The zero-order valence-electron chi connectivity index (χ0n) is 14.6. The highest BCUT2D eigenvalue weighted by atomic mass is 16.2. The molecule has 2 amide bonds. The highest BCUT2D eigenvalue weighted by Gasteiger charge is 2.18. The Labute approximate surface area is 150 Å². The summed E-state index contributed by atoms with van der Waals surface area (Å²) in [7, 11) is 1.86. The van der Waals surface area contributed by atoms with E-state index < -0.39 is 0 Å². The lowest BCUT2D eigenvalue weighted by molar-refractivity contribution is -0.116. The highest BCUT2D eigenvalue weighted by molar-refractivity contribution is 5.96. The molecule has 0 radical (unpaired) electrons. The molecule has 26 heavy (non-hydrogen) atoms. The number of anilines is 1. The molecule has 7 nitrogen and oxygen atoms in total. The summed E-state index contributed by atoms with van der Waals surface area (Å²) in [6.45, 7) is 1.94. The van der Waals surface area contributed by atoms with Crippen molar-refractivity contribution < 1.29 is 9.59 Å². The van der Waals surface area contributed by atoms with Crippen molar-refractivity contribution in [3.63, 3.8) is 0 Å². The number of fused-ring (bicyclic) bond motifs is 2. The molecule has 2 aromatic heterocycles. The summed E-state index contributed by atoms with van der Waals surface area (Å²) in [6.07, 6.45) is 4.45. The minimum absolute atomic E-state index is 0.0454. The van der Waals surface area contributed by atoms with Crippen LogP contribution in [0.3, 0.4) is 0 Å². The van der Waals surface area contributed by atoms with Crippen molar-refractivity contribution in [1.29, 1.82) is 0 Å². The number of rotatable bonds is 3. The number of amides is 2. The average Bonchev–Trinajstić information content (AvgIpc) is 3.01. The molecule has 0 aliphatic carbocycles. The molecule has 0 bridgehead atoms. The lowest BCUT2D eigenvalue weighted by atomic mass is 9.97. The number of imidazole rings is 1. The van der Waals surface area contributed by atoms with Crippen LogP contribution in [0.2, 0.25) is 0 Å². The first kappa shape index (κ1) is 16.3. The fraction of sp³-hybridized carbons (Fsp3) is 0.263. The van der Waals surface area contributed by atoms with Crippen molar-refractivity contribution in [3.05, 3.63) is 53.5 Å². The van der Waals surface area contributed by atoms with Gasteiger partial charge in [0.1, 0.15) is 5.52 Å². The van der Waals surface area contributed by atoms with Gasteiger partial charge in [0.05, 0.1) is 17.9 Å². The van der Waals surface area contributed by atoms with Gasteiger partial charge < -0.3 is 15.2 Å². The number of carbonyl (C=O) groups is 2. The molecule has 1 atom stereocenters. The summed E-state index contributed by atoms with van der Waals surface area (Å²) in [5.74, 6) is -0.146. The van der Waals surface area contributed by atoms with Gasteiger partial charge >= 0.3 is 0 Å². The monoisotopic (exact) mass is 349 g/mol. The largest absolute Gasteiger partial charge is 0.345 e. The normalized spacial score (nSPS) is 14.6. The van der Waals surface area contributed by atoms with E-state index in [1.165, 1.54) is 0 Å². The Morgan fingerprint density at radius 1 is 1.27 bits per heavy atom. The lowest BCUT2D eigenvalue weighted by Crippen LogP contribution is -2.27. The number of pyridine rings is 1. The zero-order valence-corrected chi connectivity index (χ0v) is 14.6. The van der Waals surface area contributed by atoms with Crippen molar-refractivity contribution >= 4 is 28.7 Å². The van der Waals surface area contributed by atoms with Crippen LogP contribution in [0.15, 0.2) is 36.8 Å². The minimum Gasteiger partial charge on any atom is -0.345 e. The SMILES string of the molecule is C[C@@H](NC(=O)c1cnc2c(c1)ncn2C)c1ccc2c(c1)CCC(=O)N2. The van der Waals surface area contributed by atoms with Gasteiger partial charge in [-0.15, -0.1) is 0 Å². The molecule has 0 fully saturated rings. The molecule has 1 aliphatic rings. The summed E-state index contributed by atoms with van der Waals surface area (Å²) < 4.78 is 1.81. The Morgan fingerprint density at radius 3 is 2.96 bits per heavy atom. The van der Waals surface area contributed by atoms with Gasteiger partial charge in [-0.2, -0.15) is 0 Å². The lowest BCUT2D eigenvalue weighted by Gasteiger charge is -2.20. The molecular weight excluding hydrogens is 330 g/mol. The van der Waals surface area contributed by atoms with Gasteiger partial charge in [-0.3, -0.25) is 9.59 Å². The smallest absolute Gasteiger partial charge is 0.253 e. The Balaban J connectivity index is 1.52. The van der Waals surface area contributed by atoms with Crippen LogP contribution in [0.1, 0.15) is 40.9 Å². The average molecular weight is 349 g/mol. The van der Waals surface area contributed by atoms with Crippen molar-refractivity contribution in [3.8, 4) is 0 Å². The predicted molar refractivity (Wildman–Crippen MR) is 97.8 cm³/mol. The first-order valence-corrected chi connectivity index (χ1v) is 8.52. The number of nitrogens with zero attached hydrogens (tertiary/aromatic N) is 3. The summed E-state index contributed by atoms with van der Waals surface area (Å²) in [6, 6.07) is 7.44. The van der Waals surface area contributed by atoms with E-state index in [0.717, 1.165) is 28.9 Å². The van der Waals surface area contributed by atoms with Crippen molar-refractivity contribution in [1.82, 2.24) is 19.9 Å². The molecule has 4 rings (SSSR count). The maximum absolute atomic E-state index is 12.6. The van der Waals surface area contributed by atoms with Crippen LogP contribution >= 0.6 is 0 Å². The Morgan fingerprint density at radius 2 is 2.12 bits per heavy atom. The molecule has 0 unspecified atom stereocenters. The van der Waals surface area contributed by atoms with Crippen LogP contribution in [-0.4, -0.2) is 26.3 Å². The Hall–Kier alpha value is -3.22. The van der Waals surface area contributed by atoms with Gasteiger partial charge in [0, 0.05) is 25.4 Å². The molecule has 2 N–H and O–H groups in total. The van der Waals surface area contributed by atoms with E-state index >= 15 is 0 Å². The van der Waals surface area contributed by atoms with Crippen LogP contribution in [0, 0.1) is 0 Å². The van der Waals surface area contributed by atoms with E-state index in [1.54, 1.807) is 18.6 Å². The number of aromatic nitrogens is 3. The molecule has 3 aromatic rings. The first-order valence-electron chi connectivity index (χ1n) is 8.52. The molecular formula is C19H19N5O2. The molecule has 132 valence electrons. The molecule has 1 aromatic carbocycles. The summed E-state index contributed by atoms with van der Waals surface area (Å²) in [4.78, 5) is 32.6. The van der Waals surface area contributed by atoms with E-state index in [2.05, 4.69) is 20.6 Å². The topological polar surface area (TPSA) is 88.9 Å². The van der Waals surface area contributed by atoms with Gasteiger partial charge in [0.2, 0.25) is 5.91 Å². The molecule has 3 heterocycles. The number of nitrogens with one attached hydrogen (secondary N) is 2. The quantitative estimate of drug-likeness (QED) is 0.760. The number of aryl methyl sites for hydroxylation is 2. The second kappa shape index (κ2) is 6.25. The molecule has 0 saturated carbocycles. The third-order valence-corrected chi connectivity index (χ3v) is 4.69. The van der Waals surface area contributed by atoms with Crippen molar-refractivity contribution in [2.75, 3.05) is 5.32 Å². The molecule has 1 aliphatic heterocycles. The van der Waals surface area contributed by atoms with E-state index in [0.29, 0.717) is 17.5 Å². The Kier molecular flexibility index (Phi) is 3.91. The van der Waals surface area contributed by atoms with E-state index in [1.807, 2.05) is 36.7 Å². The van der Waals surface area contributed by atoms with E-state index in [9.17, 15) is 9.59 Å². The number of carbonyl (C=O) groups excluding carboxylic acids is 2.